The molecule has 3 aromatic rings. The third-order valence-corrected chi connectivity index (χ3v) is 7.20. The van der Waals surface area contributed by atoms with Gasteiger partial charge in [-0.2, -0.15) is 5.10 Å². The van der Waals surface area contributed by atoms with E-state index in [4.69, 9.17) is 9.84 Å². The molecular weight excluding hydrogens is 370 g/mol. The summed E-state index contributed by atoms with van der Waals surface area (Å²) in [5.41, 5.74) is 3.33. The Hall–Kier alpha value is -2.85. The van der Waals surface area contributed by atoms with E-state index < -0.39 is 0 Å². The maximum absolute atomic E-state index is 6.73. The fraction of sp³-hybridized carbons (Fsp3) is 0.346. The molecular formula is C26H28N3O+. The molecule has 152 valence electrons. The smallest absolute Gasteiger partial charge is 0.208 e. The van der Waals surface area contributed by atoms with Crippen LogP contribution in [0.4, 0.5) is 0 Å². The number of hydrazone groups is 1. The van der Waals surface area contributed by atoms with Gasteiger partial charge in [0.15, 0.2) is 0 Å². The summed E-state index contributed by atoms with van der Waals surface area (Å²) in [6.07, 6.45) is 2.93. The summed E-state index contributed by atoms with van der Waals surface area (Å²) in [5.74, 6) is 1.04. The van der Waals surface area contributed by atoms with Crippen LogP contribution in [0.25, 0.3) is 10.8 Å². The number of ether oxygens (including phenoxy) is 1. The Morgan fingerprint density at radius 3 is 2.50 bits per heavy atom. The van der Waals surface area contributed by atoms with Gasteiger partial charge in [-0.15, -0.1) is 0 Å². The van der Waals surface area contributed by atoms with Gasteiger partial charge in [-0.1, -0.05) is 54.6 Å². The van der Waals surface area contributed by atoms with E-state index in [-0.39, 0.29) is 11.8 Å². The van der Waals surface area contributed by atoms with Gasteiger partial charge in [0.25, 0.3) is 0 Å². The second-order valence-electron chi connectivity index (χ2n) is 9.64. The van der Waals surface area contributed by atoms with Crippen LogP contribution in [0.15, 0.2) is 71.8 Å². The third kappa shape index (κ3) is 2.74. The first-order chi connectivity index (χ1) is 14.5. The van der Waals surface area contributed by atoms with E-state index >= 15 is 0 Å². The van der Waals surface area contributed by atoms with Crippen LogP contribution in [-0.2, 0) is 0 Å². The maximum Gasteiger partial charge on any atom is 0.208 e. The molecule has 0 saturated carbocycles. The minimum Gasteiger partial charge on any atom is -0.466 e. The normalized spacial score (nSPS) is 23.6. The number of likely N-dealkylation sites (tertiary alicyclic amines) is 1. The standard InChI is InChI=1S/C26H28N3O/c1-29(2)15-13-26(14-16-29)28-24(22-9-5-6-10-25(22)30-26)18-23(27-28)21-12-11-19-7-3-4-8-20(19)17-21/h3-12,17,24H,13-16,18H2,1-2H3/q+1/t24-/m0/s1. The zero-order valence-electron chi connectivity index (χ0n) is 17.7. The maximum atomic E-state index is 6.73. The monoisotopic (exact) mass is 398 g/mol. The minimum atomic E-state index is -0.328. The van der Waals surface area contributed by atoms with Crippen molar-refractivity contribution in [2.75, 3.05) is 27.2 Å². The van der Waals surface area contributed by atoms with Crippen LogP contribution in [0.1, 0.15) is 36.4 Å². The van der Waals surface area contributed by atoms with Gasteiger partial charge in [0.2, 0.25) is 5.72 Å². The van der Waals surface area contributed by atoms with Crippen LogP contribution in [0.5, 0.6) is 5.75 Å². The highest BCUT2D eigenvalue weighted by atomic mass is 16.5. The van der Waals surface area contributed by atoms with Crippen molar-refractivity contribution < 1.29 is 9.22 Å². The van der Waals surface area contributed by atoms with E-state index in [2.05, 4.69) is 85.8 Å². The Bertz CT molecular complexity index is 1160. The van der Waals surface area contributed by atoms with Crippen molar-refractivity contribution >= 4 is 16.5 Å². The summed E-state index contributed by atoms with van der Waals surface area (Å²) in [7, 11) is 4.63. The van der Waals surface area contributed by atoms with E-state index in [1.54, 1.807) is 0 Å². The molecule has 1 atom stereocenters. The number of quaternary nitrogens is 1. The van der Waals surface area contributed by atoms with Gasteiger partial charge in [-0.25, -0.2) is 5.01 Å². The van der Waals surface area contributed by atoms with Crippen molar-refractivity contribution in [2.45, 2.75) is 31.0 Å². The molecule has 1 fully saturated rings. The topological polar surface area (TPSA) is 24.8 Å². The van der Waals surface area contributed by atoms with Crippen molar-refractivity contribution in [3.63, 3.8) is 0 Å². The molecule has 4 heteroatoms. The van der Waals surface area contributed by atoms with Crippen molar-refractivity contribution in [3.8, 4) is 5.75 Å². The molecule has 0 unspecified atom stereocenters. The largest absolute Gasteiger partial charge is 0.466 e. The molecule has 0 aliphatic carbocycles. The van der Waals surface area contributed by atoms with Crippen molar-refractivity contribution in [3.05, 3.63) is 77.9 Å². The fourth-order valence-corrected chi connectivity index (χ4v) is 5.29. The first-order valence-corrected chi connectivity index (χ1v) is 11.0. The predicted molar refractivity (Wildman–Crippen MR) is 121 cm³/mol. The lowest BCUT2D eigenvalue weighted by Gasteiger charge is -2.52. The number of para-hydroxylation sites is 1. The van der Waals surface area contributed by atoms with E-state index in [9.17, 15) is 0 Å². The number of fused-ring (bicyclic) bond motifs is 5. The van der Waals surface area contributed by atoms with Crippen LogP contribution in [-0.4, -0.2) is 48.1 Å². The molecule has 1 saturated heterocycles. The highest BCUT2D eigenvalue weighted by molar-refractivity contribution is 6.04. The lowest BCUT2D eigenvalue weighted by molar-refractivity contribution is -0.898. The molecule has 0 radical (unpaired) electrons. The molecule has 0 amide bonds. The van der Waals surface area contributed by atoms with E-state index in [0.29, 0.717) is 0 Å². The predicted octanol–water partition coefficient (Wildman–Crippen LogP) is 4.95. The van der Waals surface area contributed by atoms with Gasteiger partial charge in [-0.05, 0) is 28.5 Å². The molecule has 0 aromatic heterocycles. The third-order valence-electron chi connectivity index (χ3n) is 7.20. The Kier molecular flexibility index (Phi) is 3.79. The van der Waals surface area contributed by atoms with Gasteiger partial charge in [0.1, 0.15) is 5.75 Å². The molecule has 6 rings (SSSR count). The average Bonchev–Trinajstić information content (AvgIpc) is 3.22. The lowest BCUT2D eigenvalue weighted by Crippen LogP contribution is -2.62. The Balaban J connectivity index is 1.43. The molecule has 30 heavy (non-hydrogen) atoms. The highest BCUT2D eigenvalue weighted by Crippen LogP contribution is 2.50. The van der Waals surface area contributed by atoms with E-state index in [1.165, 1.54) is 27.6 Å². The summed E-state index contributed by atoms with van der Waals surface area (Å²) >= 11 is 0. The Morgan fingerprint density at radius 1 is 0.933 bits per heavy atom. The summed E-state index contributed by atoms with van der Waals surface area (Å²) in [4.78, 5) is 0. The number of nitrogens with zero attached hydrogens (tertiary/aromatic N) is 3. The number of hydrogen-bond acceptors (Lipinski definition) is 3. The number of rotatable bonds is 1. The van der Waals surface area contributed by atoms with Gasteiger partial charge in [-0.3, -0.25) is 0 Å². The van der Waals surface area contributed by atoms with Gasteiger partial charge >= 0.3 is 0 Å². The van der Waals surface area contributed by atoms with E-state index in [0.717, 1.165) is 42.6 Å². The fourth-order valence-electron chi connectivity index (χ4n) is 5.29. The summed E-state index contributed by atoms with van der Waals surface area (Å²) in [6, 6.07) is 24.1. The van der Waals surface area contributed by atoms with Crippen LogP contribution in [0, 0.1) is 0 Å². The van der Waals surface area contributed by atoms with Gasteiger partial charge < -0.3 is 9.22 Å². The molecule has 3 aliphatic rings. The Labute approximate surface area is 178 Å². The van der Waals surface area contributed by atoms with Crippen molar-refractivity contribution in [1.29, 1.82) is 0 Å². The first kappa shape index (κ1) is 18.0. The van der Waals surface area contributed by atoms with Crippen molar-refractivity contribution in [1.82, 2.24) is 5.01 Å². The first-order valence-electron chi connectivity index (χ1n) is 11.0. The minimum absolute atomic E-state index is 0.255. The van der Waals surface area contributed by atoms with Crippen molar-refractivity contribution in [2.24, 2.45) is 5.10 Å². The number of benzene rings is 3. The molecule has 4 nitrogen and oxygen atoms in total. The average molecular weight is 399 g/mol. The molecule has 3 aromatic carbocycles. The highest BCUT2D eigenvalue weighted by Gasteiger charge is 2.53. The molecule has 0 bridgehead atoms. The Morgan fingerprint density at radius 2 is 1.67 bits per heavy atom. The second-order valence-corrected chi connectivity index (χ2v) is 9.64. The molecule has 3 heterocycles. The molecule has 0 N–H and O–H groups in total. The summed E-state index contributed by atoms with van der Waals surface area (Å²) in [5, 5.41) is 10.1. The van der Waals surface area contributed by atoms with Crippen LogP contribution < -0.4 is 4.74 Å². The van der Waals surface area contributed by atoms with Gasteiger partial charge in [0.05, 0.1) is 51.8 Å². The van der Waals surface area contributed by atoms with Crippen LogP contribution >= 0.6 is 0 Å². The second kappa shape index (κ2) is 6.32. The van der Waals surface area contributed by atoms with Crippen LogP contribution in [0.2, 0.25) is 0 Å². The quantitative estimate of drug-likeness (QED) is 0.542. The van der Waals surface area contributed by atoms with Crippen LogP contribution in [0.3, 0.4) is 0 Å². The lowest BCUT2D eigenvalue weighted by atomic mass is 9.90. The van der Waals surface area contributed by atoms with E-state index in [1.807, 2.05) is 0 Å². The molecule has 1 spiro atoms. The van der Waals surface area contributed by atoms with Gasteiger partial charge in [0, 0.05) is 12.0 Å². The number of piperidine rings is 1. The summed E-state index contributed by atoms with van der Waals surface area (Å²) < 4.78 is 7.78. The zero-order valence-corrected chi connectivity index (χ0v) is 17.7. The summed E-state index contributed by atoms with van der Waals surface area (Å²) in [6.45, 7) is 2.21. The SMILES string of the molecule is C[N+]1(C)CCC2(CC1)Oc1ccccc1[C@@H]1CC(c3ccc4ccccc4c3)=NN12. The zero-order chi connectivity index (χ0) is 20.3. The number of hydrogen-bond donors (Lipinski definition) is 0. The molecule has 3 aliphatic heterocycles.